The number of carbonyl (C=O) groups excluding carboxylic acids is 1. The molecular formula is C22H26N4O2. The zero-order valence-corrected chi connectivity index (χ0v) is 16.6. The van der Waals surface area contributed by atoms with Crippen LogP contribution < -0.4 is 4.74 Å². The molecule has 1 atom stereocenters. The molecule has 1 unspecified atom stereocenters. The van der Waals surface area contributed by atoms with Crippen LogP contribution in [0.25, 0.3) is 0 Å². The summed E-state index contributed by atoms with van der Waals surface area (Å²) in [6.45, 7) is 2.71. The van der Waals surface area contributed by atoms with Crippen LogP contribution in [0.3, 0.4) is 0 Å². The van der Waals surface area contributed by atoms with Crippen molar-refractivity contribution in [3.05, 3.63) is 77.6 Å². The molecule has 0 spiro atoms. The van der Waals surface area contributed by atoms with Crippen LogP contribution in [0.1, 0.15) is 41.0 Å². The number of rotatable bonds is 8. The van der Waals surface area contributed by atoms with Crippen LogP contribution in [0.2, 0.25) is 0 Å². The minimum Gasteiger partial charge on any atom is -0.497 e. The van der Waals surface area contributed by atoms with E-state index in [1.54, 1.807) is 29.9 Å². The van der Waals surface area contributed by atoms with Crippen LogP contribution in [0.15, 0.2) is 60.8 Å². The van der Waals surface area contributed by atoms with Crippen LogP contribution in [0, 0.1) is 0 Å². The van der Waals surface area contributed by atoms with Crippen molar-refractivity contribution in [3.63, 3.8) is 0 Å². The number of benzene rings is 2. The van der Waals surface area contributed by atoms with Gasteiger partial charge in [-0.05, 0) is 43.0 Å². The Bertz CT molecular complexity index is 908. The minimum atomic E-state index is -0.148. The van der Waals surface area contributed by atoms with Gasteiger partial charge in [0.25, 0.3) is 5.91 Å². The second kappa shape index (κ2) is 9.17. The molecule has 0 bridgehead atoms. The molecule has 0 saturated heterocycles. The summed E-state index contributed by atoms with van der Waals surface area (Å²) in [6, 6.07) is 18.0. The van der Waals surface area contributed by atoms with Crippen LogP contribution >= 0.6 is 0 Å². The monoisotopic (exact) mass is 378 g/mol. The fraction of sp³-hybridized carbons (Fsp3) is 0.318. The third-order valence-electron chi connectivity index (χ3n) is 4.93. The number of hydrogen-bond donors (Lipinski definition) is 0. The molecule has 1 aromatic heterocycles. The molecule has 0 aliphatic heterocycles. The first-order chi connectivity index (χ1) is 13.6. The van der Waals surface area contributed by atoms with Crippen molar-refractivity contribution in [1.29, 1.82) is 0 Å². The summed E-state index contributed by atoms with van der Waals surface area (Å²) in [5.41, 5.74) is 2.66. The van der Waals surface area contributed by atoms with Crippen LogP contribution in [0.4, 0.5) is 0 Å². The maximum absolute atomic E-state index is 12.8. The minimum absolute atomic E-state index is 0.106. The van der Waals surface area contributed by atoms with Gasteiger partial charge in [0, 0.05) is 13.6 Å². The summed E-state index contributed by atoms with van der Waals surface area (Å²) in [6.07, 6.45) is 3.63. The van der Waals surface area contributed by atoms with Crippen molar-refractivity contribution in [2.45, 2.75) is 32.4 Å². The number of hydrogen-bond acceptors (Lipinski definition) is 4. The molecule has 6 heteroatoms. The van der Waals surface area contributed by atoms with Gasteiger partial charge in [0.2, 0.25) is 0 Å². The summed E-state index contributed by atoms with van der Waals surface area (Å²) < 4.78 is 7.01. The maximum atomic E-state index is 12.8. The topological polar surface area (TPSA) is 60.2 Å². The van der Waals surface area contributed by atoms with Gasteiger partial charge >= 0.3 is 0 Å². The fourth-order valence-electron chi connectivity index (χ4n) is 3.08. The highest BCUT2D eigenvalue weighted by molar-refractivity contribution is 5.92. The van der Waals surface area contributed by atoms with Gasteiger partial charge in [-0.3, -0.25) is 9.48 Å². The molecule has 0 fully saturated rings. The lowest BCUT2D eigenvalue weighted by Crippen LogP contribution is -2.30. The molecule has 2 aromatic carbocycles. The van der Waals surface area contributed by atoms with E-state index in [4.69, 9.17) is 4.74 Å². The molecule has 1 heterocycles. The van der Waals surface area contributed by atoms with Crippen LogP contribution in [-0.2, 0) is 13.0 Å². The Morgan fingerprint density at radius 3 is 2.71 bits per heavy atom. The van der Waals surface area contributed by atoms with Crippen molar-refractivity contribution >= 4 is 5.91 Å². The third kappa shape index (κ3) is 4.76. The standard InChI is InChI=1S/C22H26N4O2/c1-17(19-12-7-13-20(15-19)28-3)25(2)22(27)21-16-26(24-23-21)14-8-11-18-9-5-4-6-10-18/h4-7,9-10,12-13,15-17H,8,11,14H2,1-3H3. The molecule has 3 rings (SSSR count). The van der Waals surface area contributed by atoms with Crippen molar-refractivity contribution in [2.24, 2.45) is 0 Å². The predicted octanol–water partition coefficient (Wildman–Crippen LogP) is 3.75. The summed E-state index contributed by atoms with van der Waals surface area (Å²) >= 11 is 0. The molecule has 28 heavy (non-hydrogen) atoms. The van der Waals surface area contributed by atoms with Gasteiger partial charge in [0.15, 0.2) is 5.69 Å². The van der Waals surface area contributed by atoms with E-state index in [-0.39, 0.29) is 11.9 Å². The molecule has 3 aromatic rings. The Morgan fingerprint density at radius 2 is 1.96 bits per heavy atom. The van der Waals surface area contributed by atoms with Crippen LogP contribution in [0.5, 0.6) is 5.75 Å². The van der Waals surface area contributed by atoms with Crippen molar-refractivity contribution in [2.75, 3.05) is 14.2 Å². The SMILES string of the molecule is COc1cccc(C(C)N(C)C(=O)c2cn(CCCc3ccccc3)nn2)c1. The van der Waals surface area contributed by atoms with E-state index in [1.807, 2.05) is 49.4 Å². The lowest BCUT2D eigenvalue weighted by Gasteiger charge is -2.24. The first kappa shape index (κ1) is 19.6. The summed E-state index contributed by atoms with van der Waals surface area (Å²) in [5, 5.41) is 8.18. The number of nitrogens with zero attached hydrogens (tertiary/aromatic N) is 4. The lowest BCUT2D eigenvalue weighted by molar-refractivity contribution is 0.0736. The fourth-order valence-corrected chi connectivity index (χ4v) is 3.08. The Balaban J connectivity index is 1.59. The highest BCUT2D eigenvalue weighted by atomic mass is 16.5. The average molecular weight is 378 g/mol. The smallest absolute Gasteiger partial charge is 0.276 e. The molecule has 0 radical (unpaired) electrons. The normalized spacial score (nSPS) is 11.8. The predicted molar refractivity (Wildman–Crippen MR) is 108 cm³/mol. The number of carbonyl (C=O) groups is 1. The van der Waals surface area contributed by atoms with Gasteiger partial charge in [0.1, 0.15) is 5.75 Å². The molecule has 0 aliphatic carbocycles. The average Bonchev–Trinajstić information content (AvgIpc) is 3.22. The van der Waals surface area contributed by atoms with Gasteiger partial charge in [0.05, 0.1) is 19.3 Å². The summed E-state index contributed by atoms with van der Waals surface area (Å²) in [5.74, 6) is 0.624. The third-order valence-corrected chi connectivity index (χ3v) is 4.93. The Labute approximate surface area is 165 Å². The number of amides is 1. The Kier molecular flexibility index (Phi) is 6.42. The first-order valence-corrected chi connectivity index (χ1v) is 9.43. The molecule has 6 nitrogen and oxygen atoms in total. The van der Waals surface area contributed by atoms with E-state index in [0.29, 0.717) is 5.69 Å². The van der Waals surface area contributed by atoms with E-state index in [2.05, 4.69) is 22.4 Å². The van der Waals surface area contributed by atoms with E-state index in [0.717, 1.165) is 30.7 Å². The number of methoxy groups -OCH3 is 1. The molecule has 0 aliphatic rings. The van der Waals surface area contributed by atoms with Gasteiger partial charge in [-0.15, -0.1) is 5.10 Å². The number of aryl methyl sites for hydroxylation is 2. The van der Waals surface area contributed by atoms with Crippen LogP contribution in [-0.4, -0.2) is 40.0 Å². The van der Waals surface area contributed by atoms with Gasteiger partial charge < -0.3 is 9.64 Å². The van der Waals surface area contributed by atoms with Crippen molar-refractivity contribution in [3.8, 4) is 5.75 Å². The molecular weight excluding hydrogens is 352 g/mol. The summed E-state index contributed by atoms with van der Waals surface area (Å²) in [4.78, 5) is 14.5. The quantitative estimate of drug-likeness (QED) is 0.599. The lowest BCUT2D eigenvalue weighted by atomic mass is 10.1. The second-order valence-electron chi connectivity index (χ2n) is 6.82. The number of aromatic nitrogens is 3. The highest BCUT2D eigenvalue weighted by Gasteiger charge is 2.21. The second-order valence-corrected chi connectivity index (χ2v) is 6.82. The zero-order valence-electron chi connectivity index (χ0n) is 16.6. The zero-order chi connectivity index (χ0) is 19.9. The van der Waals surface area contributed by atoms with Crippen molar-refractivity contribution < 1.29 is 9.53 Å². The highest BCUT2D eigenvalue weighted by Crippen LogP contribution is 2.23. The molecule has 0 N–H and O–H groups in total. The van der Waals surface area contributed by atoms with Gasteiger partial charge in [-0.2, -0.15) is 0 Å². The van der Waals surface area contributed by atoms with E-state index >= 15 is 0 Å². The molecule has 146 valence electrons. The number of ether oxygens (including phenoxy) is 1. The Morgan fingerprint density at radius 1 is 1.18 bits per heavy atom. The van der Waals surface area contributed by atoms with E-state index in [9.17, 15) is 4.79 Å². The Hall–Kier alpha value is -3.15. The van der Waals surface area contributed by atoms with E-state index in [1.165, 1.54) is 5.56 Å². The van der Waals surface area contributed by atoms with Gasteiger partial charge in [-0.25, -0.2) is 0 Å². The molecule has 1 amide bonds. The first-order valence-electron chi connectivity index (χ1n) is 9.43. The van der Waals surface area contributed by atoms with Crippen molar-refractivity contribution in [1.82, 2.24) is 19.9 Å². The maximum Gasteiger partial charge on any atom is 0.276 e. The van der Waals surface area contributed by atoms with Gasteiger partial charge in [-0.1, -0.05) is 47.7 Å². The van der Waals surface area contributed by atoms with E-state index < -0.39 is 0 Å². The largest absolute Gasteiger partial charge is 0.497 e. The summed E-state index contributed by atoms with van der Waals surface area (Å²) in [7, 11) is 3.41. The molecule has 0 saturated carbocycles.